The summed E-state index contributed by atoms with van der Waals surface area (Å²) >= 11 is 0. The third-order valence-corrected chi connectivity index (χ3v) is 11.2. The van der Waals surface area contributed by atoms with Crippen molar-refractivity contribution in [3.63, 3.8) is 0 Å². The number of fused-ring (bicyclic) bond motifs is 6. The summed E-state index contributed by atoms with van der Waals surface area (Å²) in [4.78, 5) is 2.40. The fraction of sp³-hybridized carbons (Fsp3) is 0. The second-order valence-electron chi connectivity index (χ2n) is 14.5. The molecule has 2 aromatic heterocycles. The molecule has 3 heteroatoms. The van der Waals surface area contributed by atoms with Crippen LogP contribution in [0.4, 0.5) is 17.1 Å². The van der Waals surface area contributed by atoms with Crippen LogP contribution in [-0.4, -0.2) is 4.57 Å². The molecule has 0 unspecified atom stereocenters. The van der Waals surface area contributed by atoms with Crippen LogP contribution in [0.2, 0.25) is 0 Å². The van der Waals surface area contributed by atoms with Crippen LogP contribution in [0.5, 0.6) is 0 Å². The van der Waals surface area contributed by atoms with E-state index in [9.17, 15) is 0 Å². The Bertz CT molecular complexity index is 3160. The van der Waals surface area contributed by atoms with E-state index < -0.39 is 0 Å². The summed E-state index contributed by atoms with van der Waals surface area (Å²) in [6, 6.07) is 78.2. The number of para-hydroxylation sites is 4. The van der Waals surface area contributed by atoms with E-state index in [-0.39, 0.29) is 0 Å². The number of benzene rings is 9. The number of rotatable bonds is 7. The second-order valence-corrected chi connectivity index (χ2v) is 14.5. The van der Waals surface area contributed by atoms with E-state index in [1.807, 2.05) is 12.1 Å². The summed E-state index contributed by atoms with van der Waals surface area (Å²) in [5.41, 5.74) is 15.3. The highest BCUT2D eigenvalue weighted by atomic mass is 16.3. The molecule has 0 aliphatic heterocycles. The molecule has 0 atom stereocenters. The Morgan fingerprint density at radius 2 is 0.842 bits per heavy atom. The van der Waals surface area contributed by atoms with Gasteiger partial charge in [0.05, 0.1) is 22.4 Å². The molecule has 0 saturated carbocycles. The third kappa shape index (κ3) is 5.60. The van der Waals surface area contributed by atoms with Crippen LogP contribution >= 0.6 is 0 Å². The Labute approximate surface area is 330 Å². The van der Waals surface area contributed by atoms with Crippen LogP contribution in [0, 0.1) is 0 Å². The molecule has 2 heterocycles. The number of hydrogen-bond donors (Lipinski definition) is 0. The van der Waals surface area contributed by atoms with Gasteiger partial charge in [-0.1, -0.05) is 164 Å². The minimum absolute atomic E-state index is 0.901. The normalized spacial score (nSPS) is 11.5. The van der Waals surface area contributed by atoms with Gasteiger partial charge in [0.2, 0.25) is 0 Å². The van der Waals surface area contributed by atoms with Crippen molar-refractivity contribution in [2.45, 2.75) is 0 Å². The van der Waals surface area contributed by atoms with Crippen molar-refractivity contribution < 1.29 is 4.42 Å². The zero-order valence-corrected chi connectivity index (χ0v) is 31.1. The van der Waals surface area contributed by atoms with Gasteiger partial charge < -0.3 is 13.9 Å². The van der Waals surface area contributed by atoms with E-state index in [0.29, 0.717) is 0 Å². The summed E-state index contributed by atoms with van der Waals surface area (Å²) in [6.07, 6.45) is 0. The highest BCUT2D eigenvalue weighted by Crippen LogP contribution is 2.44. The van der Waals surface area contributed by atoms with Crippen molar-refractivity contribution in [1.29, 1.82) is 0 Å². The predicted octanol–water partition coefficient (Wildman–Crippen LogP) is 15.2. The molecular weight excluding hydrogens is 693 g/mol. The van der Waals surface area contributed by atoms with Crippen molar-refractivity contribution in [2.24, 2.45) is 0 Å². The number of aromatic nitrogens is 1. The maximum Gasteiger partial charge on any atom is 0.143 e. The highest BCUT2D eigenvalue weighted by Gasteiger charge is 2.22. The summed E-state index contributed by atoms with van der Waals surface area (Å²) in [5, 5.41) is 4.72. The lowest BCUT2D eigenvalue weighted by Gasteiger charge is -2.29. The molecule has 0 aliphatic rings. The van der Waals surface area contributed by atoms with E-state index in [4.69, 9.17) is 4.42 Å². The van der Waals surface area contributed by atoms with Gasteiger partial charge in [-0.2, -0.15) is 0 Å². The maximum atomic E-state index is 6.46. The second kappa shape index (κ2) is 13.6. The SMILES string of the molecule is c1ccc(-c2ccc(N(c3ccc(-c4cccc5c4oc4ccccc45)cc3)c3ccc(-c4ccccc4)cc3-n3c4ccccc4c4ccccc43)cc2)cc1. The molecular formula is C54H36N2O. The Morgan fingerprint density at radius 3 is 1.49 bits per heavy atom. The van der Waals surface area contributed by atoms with Crippen molar-refractivity contribution in [1.82, 2.24) is 4.57 Å². The summed E-state index contributed by atoms with van der Waals surface area (Å²) in [7, 11) is 0. The Morgan fingerprint density at radius 1 is 0.351 bits per heavy atom. The lowest BCUT2D eigenvalue weighted by molar-refractivity contribution is 0.670. The van der Waals surface area contributed by atoms with Crippen LogP contribution in [-0.2, 0) is 0 Å². The van der Waals surface area contributed by atoms with E-state index in [2.05, 4.69) is 216 Å². The molecule has 57 heavy (non-hydrogen) atoms. The highest BCUT2D eigenvalue weighted by molar-refractivity contribution is 6.11. The molecule has 0 spiro atoms. The third-order valence-electron chi connectivity index (χ3n) is 11.2. The van der Waals surface area contributed by atoms with Crippen LogP contribution in [0.25, 0.3) is 82.8 Å². The first-order chi connectivity index (χ1) is 28.3. The van der Waals surface area contributed by atoms with Gasteiger partial charge in [0.1, 0.15) is 11.2 Å². The Kier molecular flexibility index (Phi) is 7.82. The largest absolute Gasteiger partial charge is 0.455 e. The van der Waals surface area contributed by atoms with Gasteiger partial charge in [0.15, 0.2) is 0 Å². The number of hydrogen-bond acceptors (Lipinski definition) is 2. The molecule has 268 valence electrons. The zero-order valence-electron chi connectivity index (χ0n) is 31.1. The molecule has 3 nitrogen and oxygen atoms in total. The van der Waals surface area contributed by atoms with Crippen molar-refractivity contribution in [3.05, 3.63) is 218 Å². The van der Waals surface area contributed by atoms with E-state index in [0.717, 1.165) is 61.4 Å². The molecule has 0 aliphatic carbocycles. The maximum absolute atomic E-state index is 6.46. The first-order valence-electron chi connectivity index (χ1n) is 19.4. The van der Waals surface area contributed by atoms with Crippen molar-refractivity contribution in [2.75, 3.05) is 4.90 Å². The fourth-order valence-electron chi connectivity index (χ4n) is 8.51. The minimum atomic E-state index is 0.901. The Balaban J connectivity index is 1.13. The topological polar surface area (TPSA) is 21.3 Å². The van der Waals surface area contributed by atoms with E-state index in [1.165, 1.54) is 38.5 Å². The van der Waals surface area contributed by atoms with Crippen LogP contribution in [0.1, 0.15) is 0 Å². The van der Waals surface area contributed by atoms with Crippen molar-refractivity contribution >= 4 is 60.8 Å². The number of nitrogens with zero attached hydrogens (tertiary/aromatic N) is 2. The molecule has 11 aromatic rings. The van der Waals surface area contributed by atoms with Crippen molar-refractivity contribution in [3.8, 4) is 39.1 Å². The first kappa shape index (κ1) is 32.8. The lowest BCUT2D eigenvalue weighted by atomic mass is 10.0. The van der Waals surface area contributed by atoms with Crippen LogP contribution < -0.4 is 4.90 Å². The molecule has 0 N–H and O–H groups in total. The molecule has 0 fully saturated rings. The van der Waals surface area contributed by atoms with Gasteiger partial charge in [-0.05, 0) is 82.4 Å². The molecule has 0 saturated heterocycles. The van der Waals surface area contributed by atoms with Gasteiger partial charge in [-0.3, -0.25) is 0 Å². The summed E-state index contributed by atoms with van der Waals surface area (Å²) < 4.78 is 8.90. The summed E-state index contributed by atoms with van der Waals surface area (Å²) in [6.45, 7) is 0. The van der Waals surface area contributed by atoms with Gasteiger partial charge in [0.25, 0.3) is 0 Å². The van der Waals surface area contributed by atoms with E-state index >= 15 is 0 Å². The van der Waals surface area contributed by atoms with Gasteiger partial charge in [-0.15, -0.1) is 0 Å². The smallest absolute Gasteiger partial charge is 0.143 e. The first-order valence-corrected chi connectivity index (χ1v) is 19.4. The molecule has 9 aromatic carbocycles. The standard InChI is InChI=1S/C54H36N2O/c1-3-14-37(15-4-1)39-26-31-42(32-27-39)55(43-33-28-40(29-34-43)44-21-13-22-48-47-20-9-12-25-53(47)57-54(44)48)51-35-30-41(38-16-5-2-6-17-38)36-52(51)56-49-23-10-7-18-45(49)46-19-8-11-24-50(46)56/h1-36H. The molecule has 0 bridgehead atoms. The van der Waals surface area contributed by atoms with Gasteiger partial charge in [-0.25, -0.2) is 0 Å². The Hall–Kier alpha value is -7.62. The lowest BCUT2D eigenvalue weighted by Crippen LogP contribution is -2.13. The summed E-state index contributed by atoms with van der Waals surface area (Å²) in [5.74, 6) is 0. The molecule has 0 amide bonds. The average Bonchev–Trinajstić information content (AvgIpc) is 3.84. The monoisotopic (exact) mass is 728 g/mol. The quantitative estimate of drug-likeness (QED) is 0.163. The minimum Gasteiger partial charge on any atom is -0.455 e. The predicted molar refractivity (Wildman–Crippen MR) is 239 cm³/mol. The van der Waals surface area contributed by atoms with E-state index in [1.54, 1.807) is 0 Å². The molecule has 0 radical (unpaired) electrons. The molecule has 11 rings (SSSR count). The average molecular weight is 729 g/mol. The van der Waals surface area contributed by atoms with Crippen LogP contribution in [0.15, 0.2) is 223 Å². The van der Waals surface area contributed by atoms with Gasteiger partial charge in [0, 0.05) is 38.5 Å². The van der Waals surface area contributed by atoms with Crippen LogP contribution in [0.3, 0.4) is 0 Å². The number of anilines is 3. The zero-order chi connectivity index (χ0) is 37.7. The van der Waals surface area contributed by atoms with Gasteiger partial charge >= 0.3 is 0 Å². The number of furan rings is 1. The fourth-order valence-corrected chi connectivity index (χ4v) is 8.51.